The van der Waals surface area contributed by atoms with Crippen molar-refractivity contribution in [3.63, 3.8) is 0 Å². The van der Waals surface area contributed by atoms with Gasteiger partial charge in [-0.15, -0.1) is 0 Å². The molecule has 9 heteroatoms. The number of aromatic amines is 2. The van der Waals surface area contributed by atoms with Crippen LogP contribution in [0.4, 0.5) is 11.6 Å². The largest absolute Gasteiger partial charge is 0.354 e. The molecule has 4 N–H and O–H groups in total. The van der Waals surface area contributed by atoms with Gasteiger partial charge in [0.1, 0.15) is 11.6 Å². The van der Waals surface area contributed by atoms with E-state index in [1.807, 2.05) is 18.2 Å². The van der Waals surface area contributed by atoms with Crippen LogP contribution in [0.15, 0.2) is 109 Å². The molecule has 2 aliphatic rings. The molecule has 9 rings (SSSR count). The number of carbonyl (C=O) groups is 2. The SMILES string of the molecule is CC(=O)Nc1cc(-c2c3nc(c(-c4ccc(C(C)(C)C)cc4)c4ccc([nH]4)c(-c4ccc(C(C)(C)C)cc4)c4nc(c(-c5ccc(C(C)(C)C)cc5)c5ccc2[nH]5)C=C4)C=C3)cc(NC(C)=O)n1. The number of anilines is 2. The monoisotopic (exact) mass is 897 g/mol. The van der Waals surface area contributed by atoms with Gasteiger partial charge in [-0.25, -0.2) is 15.0 Å². The first-order valence-corrected chi connectivity index (χ1v) is 23.3. The summed E-state index contributed by atoms with van der Waals surface area (Å²) < 4.78 is 0. The van der Waals surface area contributed by atoms with Crippen molar-refractivity contribution in [3.8, 4) is 44.5 Å². The van der Waals surface area contributed by atoms with Gasteiger partial charge in [0, 0.05) is 58.2 Å². The number of rotatable bonds is 6. The Morgan fingerprint density at radius 1 is 0.382 bits per heavy atom. The molecular formula is C59H59N7O2. The molecule has 0 radical (unpaired) electrons. The summed E-state index contributed by atoms with van der Waals surface area (Å²) in [4.78, 5) is 48.2. The maximum atomic E-state index is 12.5. The minimum Gasteiger partial charge on any atom is -0.354 e. The zero-order valence-electron chi connectivity index (χ0n) is 40.9. The molecular weight excluding hydrogens is 839 g/mol. The van der Waals surface area contributed by atoms with Crippen molar-refractivity contribution in [2.24, 2.45) is 0 Å². The number of hydrogen-bond acceptors (Lipinski definition) is 5. The predicted molar refractivity (Wildman–Crippen MR) is 283 cm³/mol. The summed E-state index contributed by atoms with van der Waals surface area (Å²) in [7, 11) is 0. The second kappa shape index (κ2) is 17.2. The van der Waals surface area contributed by atoms with E-state index in [-0.39, 0.29) is 28.1 Å². The third-order valence-electron chi connectivity index (χ3n) is 12.6. The van der Waals surface area contributed by atoms with Crippen molar-refractivity contribution >= 4 is 69.8 Å². The molecule has 0 fully saturated rings. The molecule has 0 unspecified atom stereocenters. The molecule has 9 nitrogen and oxygen atoms in total. The maximum Gasteiger partial charge on any atom is 0.222 e. The van der Waals surface area contributed by atoms with Crippen molar-refractivity contribution in [2.75, 3.05) is 10.6 Å². The van der Waals surface area contributed by atoms with Crippen LogP contribution in [0.1, 0.15) is 116 Å². The fraction of sp³-hybridized carbons (Fsp3) is 0.237. The first-order valence-electron chi connectivity index (χ1n) is 23.3. The molecule has 0 saturated carbocycles. The normalized spacial score (nSPS) is 12.6. The molecule has 2 amide bonds. The number of pyridine rings is 1. The number of nitrogens with zero attached hydrogens (tertiary/aromatic N) is 3. The van der Waals surface area contributed by atoms with Crippen molar-refractivity contribution in [3.05, 3.63) is 149 Å². The minimum atomic E-state index is -0.287. The summed E-state index contributed by atoms with van der Waals surface area (Å²) >= 11 is 0. The van der Waals surface area contributed by atoms with E-state index in [0.717, 1.165) is 78.1 Å². The van der Waals surface area contributed by atoms with Crippen LogP contribution in [-0.2, 0) is 25.8 Å². The average molecular weight is 898 g/mol. The van der Waals surface area contributed by atoms with E-state index in [4.69, 9.17) is 9.97 Å². The molecule has 68 heavy (non-hydrogen) atoms. The smallest absolute Gasteiger partial charge is 0.222 e. The third kappa shape index (κ3) is 9.21. The van der Waals surface area contributed by atoms with Crippen LogP contribution >= 0.6 is 0 Å². The fourth-order valence-electron chi connectivity index (χ4n) is 8.99. The van der Waals surface area contributed by atoms with Gasteiger partial charge in [0.05, 0.1) is 22.8 Å². The lowest BCUT2D eigenvalue weighted by Crippen LogP contribution is -2.11. The van der Waals surface area contributed by atoms with Gasteiger partial charge in [0.2, 0.25) is 11.8 Å². The first-order chi connectivity index (χ1) is 32.2. The van der Waals surface area contributed by atoms with Gasteiger partial charge < -0.3 is 20.6 Å². The van der Waals surface area contributed by atoms with Crippen LogP contribution in [0.25, 0.3) is 90.9 Å². The molecule has 0 saturated heterocycles. The van der Waals surface area contributed by atoms with Crippen LogP contribution < -0.4 is 10.6 Å². The van der Waals surface area contributed by atoms with Crippen LogP contribution in [-0.4, -0.2) is 36.7 Å². The average Bonchev–Trinajstić information content (AvgIpc) is 4.11. The van der Waals surface area contributed by atoms with Gasteiger partial charge >= 0.3 is 0 Å². The van der Waals surface area contributed by atoms with Gasteiger partial charge in [-0.2, -0.15) is 0 Å². The highest BCUT2D eigenvalue weighted by Gasteiger charge is 2.22. The molecule has 342 valence electrons. The summed E-state index contributed by atoms with van der Waals surface area (Å²) in [6, 6.07) is 38.5. The first kappa shape index (κ1) is 45.5. The number of hydrogen-bond donors (Lipinski definition) is 4. The summed E-state index contributed by atoms with van der Waals surface area (Å²) in [6.07, 6.45) is 8.32. The van der Waals surface area contributed by atoms with E-state index in [2.05, 4.69) is 203 Å². The number of nitrogens with one attached hydrogen (secondary N) is 4. The lowest BCUT2D eigenvalue weighted by Gasteiger charge is -2.19. The summed E-state index contributed by atoms with van der Waals surface area (Å²) in [6.45, 7) is 22.9. The molecule has 8 bridgehead atoms. The van der Waals surface area contributed by atoms with Gasteiger partial charge in [0.15, 0.2) is 0 Å². The number of benzene rings is 3. The predicted octanol–water partition coefficient (Wildman–Crippen LogP) is 14.5. The Morgan fingerprint density at radius 2 is 0.647 bits per heavy atom. The maximum absolute atomic E-state index is 12.5. The molecule has 2 aliphatic heterocycles. The van der Waals surface area contributed by atoms with Crippen LogP contribution in [0.3, 0.4) is 0 Å². The Kier molecular flexibility index (Phi) is 11.5. The second-order valence-corrected chi connectivity index (χ2v) is 21.0. The quantitative estimate of drug-likeness (QED) is 0.132. The van der Waals surface area contributed by atoms with Crippen molar-refractivity contribution < 1.29 is 9.59 Å². The van der Waals surface area contributed by atoms with Gasteiger partial charge in [0.25, 0.3) is 0 Å². The second-order valence-electron chi connectivity index (χ2n) is 21.0. The number of H-pyrrole nitrogens is 2. The topological polar surface area (TPSA) is 128 Å². The van der Waals surface area contributed by atoms with E-state index in [9.17, 15) is 9.59 Å². The number of aromatic nitrogens is 5. The molecule has 3 aromatic carbocycles. The van der Waals surface area contributed by atoms with E-state index >= 15 is 0 Å². The van der Waals surface area contributed by atoms with Crippen LogP contribution in [0, 0.1) is 0 Å². The Labute approximate surface area is 399 Å². The van der Waals surface area contributed by atoms with E-state index in [1.165, 1.54) is 30.5 Å². The standard InChI is InChI=1S/C59H59N7O2/c1-34(67)60-51-32-39(33-52(66-51)61-35(2)68)56-49-30-28-47(64-49)54(37-14-20-41(21-15-37)58(6,7)8)45-26-24-43(62-45)53(36-12-18-40(19-13-36)57(3,4)5)44-25-27-46(63-44)55(48-29-31-50(56)65-48)38-16-22-42(23-17-38)59(9,10)11/h12-33,62,65H,1-11H3,(H2,60,61,66,67,68). The van der Waals surface area contributed by atoms with Gasteiger partial charge in [-0.05, 0) is 116 Å². The Morgan fingerprint density at radius 3 is 0.897 bits per heavy atom. The van der Waals surface area contributed by atoms with Crippen molar-refractivity contribution in [2.45, 2.75) is 92.4 Å². The number of fused-ring (bicyclic) bond motifs is 8. The molecule has 0 atom stereocenters. The highest BCUT2D eigenvalue weighted by molar-refractivity contribution is 6.01. The Balaban J connectivity index is 1.44. The molecule has 0 spiro atoms. The fourth-order valence-corrected chi connectivity index (χ4v) is 8.99. The van der Waals surface area contributed by atoms with E-state index in [0.29, 0.717) is 22.9 Å². The van der Waals surface area contributed by atoms with E-state index < -0.39 is 0 Å². The van der Waals surface area contributed by atoms with E-state index in [1.54, 1.807) is 0 Å². The summed E-state index contributed by atoms with van der Waals surface area (Å²) in [5, 5.41) is 5.68. The highest BCUT2D eigenvalue weighted by atomic mass is 16.2. The highest BCUT2D eigenvalue weighted by Crippen LogP contribution is 2.40. The lowest BCUT2D eigenvalue weighted by atomic mass is 9.86. The molecule has 4 aromatic heterocycles. The van der Waals surface area contributed by atoms with Crippen molar-refractivity contribution in [1.82, 2.24) is 24.9 Å². The lowest BCUT2D eigenvalue weighted by molar-refractivity contribution is -0.115. The minimum absolute atomic E-state index is 0.00968. The van der Waals surface area contributed by atoms with Crippen LogP contribution in [0.5, 0.6) is 0 Å². The number of carbonyl (C=O) groups excluding carboxylic acids is 2. The summed E-state index contributed by atoms with van der Waals surface area (Å²) in [5.74, 6) is 0.0126. The number of amides is 2. The Hall–Kier alpha value is -7.65. The van der Waals surface area contributed by atoms with Gasteiger partial charge in [-0.3, -0.25) is 9.59 Å². The zero-order valence-corrected chi connectivity index (χ0v) is 40.9. The molecule has 7 aromatic rings. The molecule has 0 aliphatic carbocycles. The van der Waals surface area contributed by atoms with Crippen LogP contribution in [0.2, 0.25) is 0 Å². The zero-order chi connectivity index (χ0) is 48.3. The van der Waals surface area contributed by atoms with Crippen molar-refractivity contribution in [1.29, 1.82) is 0 Å². The van der Waals surface area contributed by atoms with Gasteiger partial charge in [-0.1, -0.05) is 135 Å². The molecule has 6 heterocycles. The Bertz CT molecular complexity index is 3270. The summed E-state index contributed by atoms with van der Waals surface area (Å²) in [5.41, 5.74) is 17.5. The third-order valence-corrected chi connectivity index (χ3v) is 12.6.